The maximum Gasteiger partial charge on any atom is 0.272 e. The molecule has 0 saturated heterocycles. The Bertz CT molecular complexity index is 1150. The molecule has 8 heteroatoms. The molecule has 0 saturated carbocycles. The highest BCUT2D eigenvalue weighted by molar-refractivity contribution is 5.37. The molecule has 8 nitrogen and oxygen atoms in total. The summed E-state index contributed by atoms with van der Waals surface area (Å²) in [6.45, 7) is 4.18. The molecule has 0 aliphatic rings. The van der Waals surface area contributed by atoms with E-state index in [0.29, 0.717) is 11.6 Å². The van der Waals surface area contributed by atoms with Crippen LogP contribution in [0.4, 0.5) is 0 Å². The molecule has 0 bridgehead atoms. The molecule has 0 amide bonds. The van der Waals surface area contributed by atoms with Gasteiger partial charge in [-0.15, -0.1) is 0 Å². The Kier molecular flexibility index (Phi) is 4.75. The average Bonchev–Trinajstić information content (AvgIpc) is 3.38. The monoisotopic (exact) mass is 390 g/mol. The molecule has 0 aliphatic carbocycles. The first kappa shape index (κ1) is 18.7. The van der Waals surface area contributed by atoms with E-state index in [1.807, 2.05) is 24.3 Å². The van der Waals surface area contributed by atoms with Gasteiger partial charge in [0.15, 0.2) is 11.6 Å². The minimum Gasteiger partial charge on any atom is -0.297 e. The van der Waals surface area contributed by atoms with Gasteiger partial charge in [-0.1, -0.05) is 26.0 Å². The van der Waals surface area contributed by atoms with Crippen LogP contribution in [0.1, 0.15) is 38.1 Å². The summed E-state index contributed by atoms with van der Waals surface area (Å²) < 4.78 is 2.81. The van der Waals surface area contributed by atoms with Crippen molar-refractivity contribution in [3.05, 3.63) is 93.0 Å². The van der Waals surface area contributed by atoms with Crippen molar-refractivity contribution >= 4 is 0 Å². The van der Waals surface area contributed by atoms with E-state index in [-0.39, 0.29) is 11.1 Å². The van der Waals surface area contributed by atoms with Gasteiger partial charge in [0.1, 0.15) is 0 Å². The molecule has 4 aromatic heterocycles. The first-order valence-corrected chi connectivity index (χ1v) is 9.58. The van der Waals surface area contributed by atoms with Gasteiger partial charge in [0, 0.05) is 24.5 Å². The van der Waals surface area contributed by atoms with E-state index in [1.165, 1.54) is 21.5 Å². The highest BCUT2D eigenvalue weighted by atomic mass is 16.1. The van der Waals surface area contributed by atoms with Crippen LogP contribution in [0.15, 0.2) is 70.5 Å². The number of hydrogen-bond acceptors (Lipinski definition) is 4. The Balaban J connectivity index is 1.86. The molecule has 29 heavy (non-hydrogen) atoms. The second-order valence-corrected chi connectivity index (χ2v) is 6.82. The minimum atomic E-state index is -0.460. The summed E-state index contributed by atoms with van der Waals surface area (Å²) >= 11 is 0. The highest BCUT2D eigenvalue weighted by Gasteiger charge is 2.34. The lowest BCUT2D eigenvalue weighted by Crippen LogP contribution is -2.30. The Morgan fingerprint density at radius 1 is 0.759 bits per heavy atom. The topological polar surface area (TPSA) is 101 Å². The number of rotatable bonds is 6. The molecule has 148 valence electrons. The Labute approximate surface area is 166 Å². The van der Waals surface area contributed by atoms with Gasteiger partial charge in [0.05, 0.1) is 16.8 Å². The third-order valence-corrected chi connectivity index (χ3v) is 5.41. The third kappa shape index (κ3) is 3.12. The van der Waals surface area contributed by atoms with E-state index in [1.54, 1.807) is 24.5 Å². The quantitative estimate of drug-likeness (QED) is 0.528. The zero-order valence-electron chi connectivity index (χ0n) is 16.3. The predicted molar refractivity (Wildman–Crippen MR) is 110 cm³/mol. The van der Waals surface area contributed by atoms with Gasteiger partial charge in [-0.05, 0) is 37.1 Å². The van der Waals surface area contributed by atoms with Crippen molar-refractivity contribution in [3.63, 3.8) is 0 Å². The van der Waals surface area contributed by atoms with Crippen molar-refractivity contribution < 1.29 is 0 Å². The summed E-state index contributed by atoms with van der Waals surface area (Å²) in [7, 11) is 0. The lowest BCUT2D eigenvalue weighted by atomic mass is 9.75. The van der Waals surface area contributed by atoms with Gasteiger partial charge < -0.3 is 0 Å². The lowest BCUT2D eigenvalue weighted by molar-refractivity contribution is 0.449. The fourth-order valence-corrected chi connectivity index (χ4v) is 3.73. The second-order valence-electron chi connectivity index (χ2n) is 6.82. The highest BCUT2D eigenvalue weighted by Crippen LogP contribution is 2.37. The summed E-state index contributed by atoms with van der Waals surface area (Å²) in [5, 5.41) is 5.79. The smallest absolute Gasteiger partial charge is 0.272 e. The van der Waals surface area contributed by atoms with Crippen LogP contribution in [-0.4, -0.2) is 29.5 Å². The molecule has 4 rings (SSSR count). The average molecular weight is 390 g/mol. The number of nitrogens with one attached hydrogen (secondary N) is 2. The third-order valence-electron chi connectivity index (χ3n) is 5.41. The van der Waals surface area contributed by atoms with Crippen LogP contribution in [0, 0.1) is 0 Å². The molecule has 4 aromatic rings. The molecule has 2 N–H and O–H groups in total. The summed E-state index contributed by atoms with van der Waals surface area (Å²) in [5.41, 5.74) is 0.854. The van der Waals surface area contributed by atoms with Crippen LogP contribution < -0.4 is 11.1 Å². The summed E-state index contributed by atoms with van der Waals surface area (Å²) in [4.78, 5) is 33.7. The van der Waals surface area contributed by atoms with E-state index in [2.05, 4.69) is 24.0 Å². The molecule has 0 spiro atoms. The number of H-pyrrole nitrogens is 2. The normalized spacial score (nSPS) is 11.7. The maximum absolute atomic E-state index is 12.0. The van der Waals surface area contributed by atoms with E-state index >= 15 is 0 Å². The predicted octanol–water partition coefficient (Wildman–Crippen LogP) is 2.54. The number of aromatic amines is 2. The van der Waals surface area contributed by atoms with Gasteiger partial charge >= 0.3 is 0 Å². The molecular weight excluding hydrogens is 368 g/mol. The van der Waals surface area contributed by atoms with Gasteiger partial charge in [-0.25, -0.2) is 19.3 Å². The number of pyridine rings is 2. The van der Waals surface area contributed by atoms with Crippen molar-refractivity contribution in [3.8, 4) is 11.6 Å². The summed E-state index contributed by atoms with van der Waals surface area (Å²) in [5.74, 6) is 1.06. The van der Waals surface area contributed by atoms with Crippen molar-refractivity contribution in [2.24, 2.45) is 0 Å². The Morgan fingerprint density at radius 3 is 1.55 bits per heavy atom. The van der Waals surface area contributed by atoms with Gasteiger partial charge in [-0.3, -0.25) is 19.8 Å². The molecule has 0 fully saturated rings. The fourth-order valence-electron chi connectivity index (χ4n) is 3.73. The van der Waals surface area contributed by atoms with Crippen molar-refractivity contribution in [1.82, 2.24) is 29.5 Å². The van der Waals surface area contributed by atoms with E-state index in [4.69, 9.17) is 9.97 Å². The Hall–Kier alpha value is -3.68. The molecule has 4 heterocycles. The zero-order chi connectivity index (χ0) is 20.4. The number of aromatic nitrogens is 6. The largest absolute Gasteiger partial charge is 0.297 e. The minimum absolute atomic E-state index is 0.167. The van der Waals surface area contributed by atoms with Crippen molar-refractivity contribution in [1.29, 1.82) is 0 Å². The van der Waals surface area contributed by atoms with Crippen LogP contribution in [0.3, 0.4) is 0 Å². The standard InChI is InChI=1S/C21H22N6O2/c1-3-21(4-2,15-7-5-9-17(24-15)26-19(28)11-13-22-26)16-8-6-10-18(25-16)27-20(29)12-14-23-27/h5-14,22-23H,3-4H2,1-2H3. The first-order chi connectivity index (χ1) is 14.1. The number of hydrogen-bond donors (Lipinski definition) is 2. The lowest BCUT2D eigenvalue weighted by Gasteiger charge is -2.31. The molecule has 0 atom stereocenters. The van der Waals surface area contributed by atoms with Gasteiger partial charge in [0.25, 0.3) is 11.1 Å². The number of nitrogens with zero attached hydrogens (tertiary/aromatic N) is 4. The molecule has 0 radical (unpaired) electrons. The van der Waals surface area contributed by atoms with Crippen LogP contribution in [0.25, 0.3) is 11.6 Å². The van der Waals surface area contributed by atoms with Crippen LogP contribution in [-0.2, 0) is 5.41 Å². The molecule has 0 aromatic carbocycles. The van der Waals surface area contributed by atoms with Crippen molar-refractivity contribution in [2.75, 3.05) is 0 Å². The SMILES string of the molecule is CCC(CC)(c1cccc(-n2[nH]ccc2=O)n1)c1cccc(-n2[nH]ccc2=O)n1. The van der Waals surface area contributed by atoms with E-state index in [9.17, 15) is 9.59 Å². The van der Waals surface area contributed by atoms with E-state index < -0.39 is 5.41 Å². The zero-order valence-corrected chi connectivity index (χ0v) is 16.3. The van der Waals surface area contributed by atoms with Gasteiger partial charge in [-0.2, -0.15) is 0 Å². The fraction of sp³-hybridized carbons (Fsp3) is 0.238. The molecular formula is C21H22N6O2. The van der Waals surface area contributed by atoms with Crippen LogP contribution >= 0.6 is 0 Å². The first-order valence-electron chi connectivity index (χ1n) is 9.58. The molecule has 0 unspecified atom stereocenters. The van der Waals surface area contributed by atoms with Crippen LogP contribution in [0.5, 0.6) is 0 Å². The summed E-state index contributed by atoms with van der Waals surface area (Å²) in [6, 6.07) is 14.2. The van der Waals surface area contributed by atoms with Crippen molar-refractivity contribution in [2.45, 2.75) is 32.1 Å². The van der Waals surface area contributed by atoms with Crippen LogP contribution in [0.2, 0.25) is 0 Å². The Morgan fingerprint density at radius 2 is 1.21 bits per heavy atom. The van der Waals surface area contributed by atoms with Gasteiger partial charge in [0.2, 0.25) is 0 Å². The maximum atomic E-state index is 12.0. The van der Waals surface area contributed by atoms with E-state index in [0.717, 1.165) is 24.2 Å². The second kappa shape index (κ2) is 7.38. The summed E-state index contributed by atoms with van der Waals surface area (Å²) in [6.07, 6.45) is 4.69. The molecule has 0 aliphatic heterocycles.